The number of rotatable bonds is 1. The third-order valence-electron chi connectivity index (χ3n) is 1.58. The largest absolute Gasteiger partial charge is 0.169 e. The maximum absolute atomic E-state index is 5.62. The first-order valence-corrected chi connectivity index (χ1v) is 3.37. The molecule has 3 nitrogen and oxygen atoms in total. The highest BCUT2D eigenvalue weighted by Gasteiger charge is 2.20. The summed E-state index contributed by atoms with van der Waals surface area (Å²) in [4.78, 5) is 0. The highest BCUT2D eigenvalue weighted by atomic mass is 15.7. The SMILES string of the molecule is C[N+](N)(N)C1C=CCC=C1. The van der Waals surface area contributed by atoms with Crippen molar-refractivity contribution >= 4 is 0 Å². The molecule has 0 amide bonds. The third kappa shape index (κ3) is 1.67. The third-order valence-corrected chi connectivity index (χ3v) is 1.58. The first-order valence-electron chi connectivity index (χ1n) is 3.37. The lowest BCUT2D eigenvalue weighted by molar-refractivity contribution is -0.944. The summed E-state index contributed by atoms with van der Waals surface area (Å²) in [5.74, 6) is 11.2. The summed E-state index contributed by atoms with van der Waals surface area (Å²) in [7, 11) is 1.77. The molecule has 0 unspecified atom stereocenters. The second-order valence-electron chi connectivity index (χ2n) is 2.80. The number of hydrogen-bond donors (Lipinski definition) is 2. The van der Waals surface area contributed by atoms with Gasteiger partial charge in [-0.1, -0.05) is 12.2 Å². The van der Waals surface area contributed by atoms with Gasteiger partial charge < -0.3 is 0 Å². The summed E-state index contributed by atoms with van der Waals surface area (Å²) in [6.45, 7) is 0. The molecule has 0 saturated heterocycles. The van der Waals surface area contributed by atoms with Crippen LogP contribution >= 0.6 is 0 Å². The van der Waals surface area contributed by atoms with Crippen molar-refractivity contribution in [3.05, 3.63) is 24.3 Å². The zero-order valence-corrected chi connectivity index (χ0v) is 6.20. The Morgan fingerprint density at radius 3 is 2.10 bits per heavy atom. The molecule has 1 aliphatic carbocycles. The molecular formula is C7H14N3+. The summed E-state index contributed by atoms with van der Waals surface area (Å²) in [5, 5.41) is 0. The van der Waals surface area contributed by atoms with Crippen LogP contribution in [0.4, 0.5) is 0 Å². The second-order valence-corrected chi connectivity index (χ2v) is 2.80. The van der Waals surface area contributed by atoms with Gasteiger partial charge in [0.1, 0.15) is 7.05 Å². The van der Waals surface area contributed by atoms with Crippen LogP contribution in [0.5, 0.6) is 0 Å². The Morgan fingerprint density at radius 2 is 1.80 bits per heavy atom. The van der Waals surface area contributed by atoms with E-state index in [2.05, 4.69) is 12.2 Å². The van der Waals surface area contributed by atoms with Crippen molar-refractivity contribution in [2.45, 2.75) is 12.5 Å². The summed E-state index contributed by atoms with van der Waals surface area (Å²) in [5.41, 5.74) is 0. The number of allylic oxidation sites excluding steroid dienone is 2. The van der Waals surface area contributed by atoms with Crippen molar-refractivity contribution in [3.63, 3.8) is 0 Å². The van der Waals surface area contributed by atoms with Crippen LogP contribution in [0.1, 0.15) is 6.42 Å². The fourth-order valence-corrected chi connectivity index (χ4v) is 0.950. The second kappa shape index (κ2) is 2.54. The highest BCUT2D eigenvalue weighted by molar-refractivity contribution is 5.10. The van der Waals surface area contributed by atoms with Crippen LogP contribution in [-0.2, 0) is 0 Å². The average molecular weight is 140 g/mol. The van der Waals surface area contributed by atoms with Gasteiger partial charge in [0.15, 0.2) is 6.04 Å². The van der Waals surface area contributed by atoms with E-state index in [0.717, 1.165) is 6.42 Å². The van der Waals surface area contributed by atoms with Gasteiger partial charge in [-0.15, -0.1) is 0 Å². The molecule has 0 radical (unpaired) electrons. The summed E-state index contributed by atoms with van der Waals surface area (Å²) >= 11 is 0. The summed E-state index contributed by atoms with van der Waals surface area (Å²) in [6.07, 6.45) is 9.19. The Bertz CT molecular complexity index is 152. The van der Waals surface area contributed by atoms with E-state index in [-0.39, 0.29) is 10.7 Å². The standard InChI is InChI=1S/C7H14N3/c1-10(8,9)7-5-3-2-4-6-7/h3-7H,2,8-9H2,1H3/q+1. The lowest BCUT2D eigenvalue weighted by Crippen LogP contribution is -2.62. The molecule has 0 bridgehead atoms. The van der Waals surface area contributed by atoms with Crippen LogP contribution in [0, 0.1) is 0 Å². The van der Waals surface area contributed by atoms with Gasteiger partial charge in [-0.05, 0) is 18.6 Å². The van der Waals surface area contributed by atoms with E-state index in [1.54, 1.807) is 7.05 Å². The minimum Gasteiger partial charge on any atom is -0.169 e. The molecule has 0 aromatic carbocycles. The Labute approximate surface area is 61.1 Å². The quantitative estimate of drug-likeness (QED) is 0.234. The molecule has 1 aliphatic rings. The van der Waals surface area contributed by atoms with Crippen molar-refractivity contribution in [1.82, 2.24) is 0 Å². The van der Waals surface area contributed by atoms with Crippen LogP contribution < -0.4 is 11.7 Å². The molecule has 4 N–H and O–H groups in total. The van der Waals surface area contributed by atoms with Gasteiger partial charge in [-0.25, -0.2) is 0 Å². The van der Waals surface area contributed by atoms with Crippen LogP contribution in [0.2, 0.25) is 0 Å². The molecule has 0 spiro atoms. The predicted molar refractivity (Wildman–Crippen MR) is 41.2 cm³/mol. The average Bonchev–Trinajstić information content (AvgIpc) is 1.88. The maximum atomic E-state index is 5.62. The van der Waals surface area contributed by atoms with Crippen molar-refractivity contribution < 1.29 is 4.70 Å². The van der Waals surface area contributed by atoms with E-state index >= 15 is 0 Å². The van der Waals surface area contributed by atoms with Crippen LogP contribution in [-0.4, -0.2) is 17.8 Å². The van der Waals surface area contributed by atoms with E-state index in [9.17, 15) is 0 Å². The molecule has 0 aliphatic heterocycles. The molecule has 0 fully saturated rings. The minimum absolute atomic E-state index is 0.00694. The van der Waals surface area contributed by atoms with Crippen LogP contribution in [0.15, 0.2) is 24.3 Å². The predicted octanol–water partition coefficient (Wildman–Crippen LogP) is 0.0651. The molecule has 0 heterocycles. The maximum Gasteiger partial charge on any atom is 0.161 e. The normalized spacial score (nSPS) is 19.9. The van der Waals surface area contributed by atoms with Crippen molar-refractivity contribution in [2.75, 3.05) is 7.05 Å². The number of nitrogens with two attached hydrogens (primary N) is 2. The summed E-state index contributed by atoms with van der Waals surface area (Å²) in [6, 6.07) is 0.133. The Balaban J connectivity index is 2.64. The molecular weight excluding hydrogens is 126 g/mol. The lowest BCUT2D eigenvalue weighted by atomic mass is 10.1. The number of hydrogen-bond acceptors (Lipinski definition) is 2. The lowest BCUT2D eigenvalue weighted by Gasteiger charge is -2.27. The Morgan fingerprint density at radius 1 is 1.30 bits per heavy atom. The molecule has 3 heteroatoms. The number of quaternary nitrogens is 1. The fraction of sp³-hybridized carbons (Fsp3) is 0.429. The monoisotopic (exact) mass is 140 g/mol. The molecule has 56 valence electrons. The van der Waals surface area contributed by atoms with E-state index in [1.165, 1.54) is 0 Å². The number of likely N-dealkylation sites (N-methyl/N-ethyl adjacent to an activating group) is 1. The van der Waals surface area contributed by atoms with Gasteiger partial charge in [0.05, 0.1) is 0 Å². The van der Waals surface area contributed by atoms with Gasteiger partial charge >= 0.3 is 0 Å². The number of nitrogens with zero attached hydrogens (tertiary/aromatic N) is 1. The molecule has 0 saturated carbocycles. The summed E-state index contributed by atoms with van der Waals surface area (Å²) < 4.78 is -0.00694. The van der Waals surface area contributed by atoms with Gasteiger partial charge in [0.25, 0.3) is 0 Å². The molecule has 10 heavy (non-hydrogen) atoms. The Kier molecular flexibility index (Phi) is 1.89. The highest BCUT2D eigenvalue weighted by Crippen LogP contribution is 2.07. The zero-order valence-electron chi connectivity index (χ0n) is 6.20. The molecule has 0 atom stereocenters. The molecule has 0 aromatic rings. The van der Waals surface area contributed by atoms with Gasteiger partial charge in [0.2, 0.25) is 0 Å². The van der Waals surface area contributed by atoms with Gasteiger partial charge in [-0.2, -0.15) is 16.4 Å². The van der Waals surface area contributed by atoms with Crippen molar-refractivity contribution in [2.24, 2.45) is 11.7 Å². The topological polar surface area (TPSA) is 52.0 Å². The first-order chi connectivity index (χ1) is 4.61. The Hall–Kier alpha value is -0.640. The van der Waals surface area contributed by atoms with Gasteiger partial charge in [-0.3, -0.25) is 0 Å². The zero-order chi connectivity index (χ0) is 7.61. The fourth-order valence-electron chi connectivity index (χ4n) is 0.950. The van der Waals surface area contributed by atoms with E-state index in [0.29, 0.717) is 0 Å². The molecule has 1 rings (SSSR count). The van der Waals surface area contributed by atoms with E-state index < -0.39 is 0 Å². The smallest absolute Gasteiger partial charge is 0.161 e. The van der Waals surface area contributed by atoms with Crippen molar-refractivity contribution in [1.29, 1.82) is 0 Å². The van der Waals surface area contributed by atoms with E-state index in [4.69, 9.17) is 11.7 Å². The van der Waals surface area contributed by atoms with E-state index in [1.807, 2.05) is 12.2 Å². The molecule has 0 aromatic heterocycles. The van der Waals surface area contributed by atoms with Crippen LogP contribution in [0.25, 0.3) is 0 Å². The van der Waals surface area contributed by atoms with Crippen molar-refractivity contribution in [3.8, 4) is 0 Å². The minimum atomic E-state index is -0.00694. The first kappa shape index (κ1) is 7.47. The van der Waals surface area contributed by atoms with Gasteiger partial charge in [0, 0.05) is 0 Å². The van der Waals surface area contributed by atoms with Crippen LogP contribution in [0.3, 0.4) is 0 Å².